The third-order valence-corrected chi connectivity index (χ3v) is 4.83. The minimum absolute atomic E-state index is 0.151. The molecule has 5 rings (SSSR count). The molecule has 0 fully saturated rings. The summed E-state index contributed by atoms with van der Waals surface area (Å²) in [6.45, 7) is 0.262. The van der Waals surface area contributed by atoms with Crippen molar-refractivity contribution < 1.29 is 9.53 Å². The molecule has 3 heterocycles. The first kappa shape index (κ1) is 16.4. The first-order chi connectivity index (χ1) is 13.8. The van der Waals surface area contributed by atoms with Crippen LogP contribution in [0.15, 0.2) is 84.9 Å². The Balaban J connectivity index is 1.76. The number of ketones is 1. The van der Waals surface area contributed by atoms with E-state index in [0.29, 0.717) is 17.0 Å². The van der Waals surface area contributed by atoms with Gasteiger partial charge in [0.15, 0.2) is 5.76 Å². The number of carbonyl (C=O) groups is 1. The largest absolute Gasteiger partial charge is 0.483 e. The van der Waals surface area contributed by atoms with Crippen LogP contribution in [-0.2, 0) is 11.3 Å². The number of carbonyl (C=O) groups excluding carboxylic acids is 1. The van der Waals surface area contributed by atoms with Crippen molar-refractivity contribution in [3.05, 3.63) is 102 Å². The van der Waals surface area contributed by atoms with E-state index in [1.165, 1.54) is 0 Å². The standard InChI is InChI=1S/C24H16N2O2/c27-24-21(13-16-7-6-12-25-14-16)28-15-20-23(24)22(17-8-2-1-3-9-17)18-10-4-5-11-19(18)26-20/h1-14H,15H2. The molecule has 0 unspecified atom stereocenters. The lowest BCUT2D eigenvalue weighted by Crippen LogP contribution is -2.19. The Morgan fingerprint density at radius 1 is 0.893 bits per heavy atom. The lowest BCUT2D eigenvalue weighted by Gasteiger charge is -2.22. The Kier molecular flexibility index (Phi) is 3.95. The Morgan fingerprint density at radius 2 is 1.71 bits per heavy atom. The Labute approximate surface area is 162 Å². The van der Waals surface area contributed by atoms with Gasteiger partial charge in [0, 0.05) is 23.3 Å². The number of ether oxygens (including phenoxy) is 1. The molecule has 0 N–H and O–H groups in total. The minimum Gasteiger partial charge on any atom is -0.483 e. The topological polar surface area (TPSA) is 52.1 Å². The predicted octanol–water partition coefficient (Wildman–Crippen LogP) is 5.05. The number of para-hydroxylation sites is 1. The molecular weight excluding hydrogens is 348 g/mol. The van der Waals surface area contributed by atoms with Crippen LogP contribution in [-0.4, -0.2) is 15.8 Å². The lowest BCUT2D eigenvalue weighted by molar-refractivity contribution is 0.0867. The molecule has 4 aromatic rings. The molecule has 28 heavy (non-hydrogen) atoms. The summed E-state index contributed by atoms with van der Waals surface area (Å²) in [5.74, 6) is 0.164. The third-order valence-electron chi connectivity index (χ3n) is 4.83. The van der Waals surface area contributed by atoms with E-state index in [1.54, 1.807) is 18.5 Å². The number of hydrogen-bond acceptors (Lipinski definition) is 4. The Hall–Kier alpha value is -3.79. The first-order valence-corrected chi connectivity index (χ1v) is 9.07. The molecule has 0 spiro atoms. The van der Waals surface area contributed by atoms with Crippen molar-refractivity contribution in [1.29, 1.82) is 0 Å². The van der Waals surface area contributed by atoms with Gasteiger partial charge in [0.25, 0.3) is 0 Å². The van der Waals surface area contributed by atoms with Gasteiger partial charge in [0.2, 0.25) is 5.78 Å². The summed E-state index contributed by atoms with van der Waals surface area (Å²) in [5.41, 5.74) is 4.87. The summed E-state index contributed by atoms with van der Waals surface area (Å²) in [6.07, 6.45) is 5.14. The molecule has 0 saturated carbocycles. The van der Waals surface area contributed by atoms with Crippen LogP contribution in [0.25, 0.3) is 28.1 Å². The average molecular weight is 364 g/mol. The van der Waals surface area contributed by atoms with Gasteiger partial charge >= 0.3 is 0 Å². The van der Waals surface area contributed by atoms with Gasteiger partial charge in [0.1, 0.15) is 6.61 Å². The van der Waals surface area contributed by atoms with Gasteiger partial charge in [-0.3, -0.25) is 9.78 Å². The van der Waals surface area contributed by atoms with Gasteiger partial charge < -0.3 is 4.74 Å². The Morgan fingerprint density at radius 3 is 2.54 bits per heavy atom. The first-order valence-electron chi connectivity index (χ1n) is 9.07. The van der Waals surface area contributed by atoms with E-state index in [4.69, 9.17) is 9.72 Å². The normalized spacial score (nSPS) is 14.7. The van der Waals surface area contributed by atoms with Crippen molar-refractivity contribution in [1.82, 2.24) is 9.97 Å². The smallest absolute Gasteiger partial charge is 0.230 e. The number of aromatic nitrogens is 2. The molecule has 4 heteroatoms. The summed E-state index contributed by atoms with van der Waals surface area (Å²) >= 11 is 0. The van der Waals surface area contributed by atoms with E-state index in [9.17, 15) is 4.79 Å². The van der Waals surface area contributed by atoms with Crippen LogP contribution in [0.4, 0.5) is 0 Å². The van der Waals surface area contributed by atoms with E-state index in [0.717, 1.165) is 27.6 Å². The van der Waals surface area contributed by atoms with Gasteiger partial charge in [-0.15, -0.1) is 0 Å². The lowest BCUT2D eigenvalue weighted by atomic mass is 9.90. The van der Waals surface area contributed by atoms with Crippen molar-refractivity contribution >= 4 is 22.8 Å². The molecule has 4 nitrogen and oxygen atoms in total. The summed E-state index contributed by atoms with van der Waals surface area (Å²) in [7, 11) is 0. The fraction of sp³-hybridized carbons (Fsp3) is 0.0417. The van der Waals surface area contributed by atoms with Gasteiger partial charge in [-0.25, -0.2) is 4.98 Å². The fourth-order valence-electron chi connectivity index (χ4n) is 3.57. The van der Waals surface area contributed by atoms with Crippen LogP contribution in [0, 0.1) is 0 Å². The molecule has 1 aliphatic heterocycles. The highest BCUT2D eigenvalue weighted by Gasteiger charge is 2.29. The monoisotopic (exact) mass is 364 g/mol. The second-order valence-corrected chi connectivity index (χ2v) is 6.60. The highest BCUT2D eigenvalue weighted by atomic mass is 16.5. The van der Waals surface area contributed by atoms with E-state index in [2.05, 4.69) is 4.98 Å². The summed E-state index contributed by atoms with van der Waals surface area (Å²) < 4.78 is 5.78. The molecule has 0 amide bonds. The van der Waals surface area contributed by atoms with Crippen LogP contribution in [0.3, 0.4) is 0 Å². The van der Waals surface area contributed by atoms with Crippen LogP contribution in [0.5, 0.6) is 0 Å². The maximum Gasteiger partial charge on any atom is 0.230 e. The van der Waals surface area contributed by atoms with Crippen LogP contribution < -0.4 is 0 Å². The molecule has 0 bridgehead atoms. The number of hydrogen-bond donors (Lipinski definition) is 0. The van der Waals surface area contributed by atoms with Crippen molar-refractivity contribution in [3.8, 4) is 11.1 Å². The van der Waals surface area contributed by atoms with Crippen molar-refractivity contribution in [2.75, 3.05) is 0 Å². The number of benzene rings is 2. The van der Waals surface area contributed by atoms with Crippen LogP contribution >= 0.6 is 0 Å². The van der Waals surface area contributed by atoms with Crippen LogP contribution in [0.1, 0.15) is 21.6 Å². The van der Waals surface area contributed by atoms with Crippen molar-refractivity contribution in [2.45, 2.75) is 6.61 Å². The van der Waals surface area contributed by atoms with Gasteiger partial charge in [-0.2, -0.15) is 0 Å². The second-order valence-electron chi connectivity index (χ2n) is 6.60. The maximum atomic E-state index is 13.4. The fourth-order valence-corrected chi connectivity index (χ4v) is 3.57. The predicted molar refractivity (Wildman–Crippen MR) is 109 cm³/mol. The number of fused-ring (bicyclic) bond motifs is 2. The number of allylic oxidation sites excluding steroid dienone is 1. The van der Waals surface area contributed by atoms with Crippen molar-refractivity contribution in [2.24, 2.45) is 0 Å². The quantitative estimate of drug-likeness (QED) is 0.467. The molecule has 0 aliphatic carbocycles. The molecule has 2 aromatic heterocycles. The summed E-state index contributed by atoms with van der Waals surface area (Å²) in [4.78, 5) is 22.2. The highest BCUT2D eigenvalue weighted by Crippen LogP contribution is 2.37. The molecule has 134 valence electrons. The highest BCUT2D eigenvalue weighted by molar-refractivity contribution is 6.18. The zero-order chi connectivity index (χ0) is 18.9. The van der Waals surface area contributed by atoms with Crippen LogP contribution in [0.2, 0.25) is 0 Å². The van der Waals surface area contributed by atoms with E-state index >= 15 is 0 Å². The molecular formula is C24H16N2O2. The van der Waals surface area contributed by atoms with E-state index in [1.807, 2.05) is 66.7 Å². The number of pyridine rings is 2. The SMILES string of the molecule is O=C1C(=Cc2cccnc2)OCc2nc3ccccc3c(-c3ccccc3)c21. The van der Waals surface area contributed by atoms with E-state index in [-0.39, 0.29) is 12.4 Å². The number of rotatable bonds is 2. The van der Waals surface area contributed by atoms with Gasteiger partial charge in [-0.1, -0.05) is 54.6 Å². The van der Waals surface area contributed by atoms with Gasteiger partial charge in [0.05, 0.1) is 16.8 Å². The summed E-state index contributed by atoms with van der Waals surface area (Å²) in [6, 6.07) is 21.6. The van der Waals surface area contributed by atoms with Gasteiger partial charge in [-0.05, 0) is 29.3 Å². The maximum absolute atomic E-state index is 13.4. The molecule has 0 radical (unpaired) electrons. The summed E-state index contributed by atoms with van der Waals surface area (Å²) in [5, 5.41) is 0.962. The third kappa shape index (κ3) is 2.76. The number of Topliss-reactive ketones (excluding diaryl/α,β-unsaturated/α-hetero) is 1. The second kappa shape index (κ2) is 6.74. The Bertz CT molecular complexity index is 1220. The minimum atomic E-state index is -0.151. The molecule has 2 aromatic carbocycles. The molecule has 0 saturated heterocycles. The van der Waals surface area contributed by atoms with E-state index < -0.39 is 0 Å². The average Bonchev–Trinajstić information content (AvgIpc) is 2.76. The molecule has 0 atom stereocenters. The molecule has 1 aliphatic rings. The zero-order valence-electron chi connectivity index (χ0n) is 15.0. The van der Waals surface area contributed by atoms with Crippen molar-refractivity contribution in [3.63, 3.8) is 0 Å². The number of nitrogens with zero attached hydrogens (tertiary/aromatic N) is 2. The zero-order valence-corrected chi connectivity index (χ0v) is 15.0.